The lowest BCUT2D eigenvalue weighted by Gasteiger charge is -2.22. The highest BCUT2D eigenvalue weighted by Crippen LogP contribution is 2.04. The van der Waals surface area contributed by atoms with Gasteiger partial charge in [-0.25, -0.2) is 8.42 Å². The fourth-order valence-electron chi connectivity index (χ4n) is 1.82. The van der Waals surface area contributed by atoms with E-state index in [0.717, 1.165) is 19.5 Å². The highest BCUT2D eigenvalue weighted by atomic mass is 32.2. The summed E-state index contributed by atoms with van der Waals surface area (Å²) in [7, 11) is -3.24. The standard InChI is InChI=1S/C14H32N2O4S/c1-4-8-15-9-7-14-21(17,18)16(10-12-19-5-2)11-13-20-6-3/h15H,4-14H2,1-3H3. The topological polar surface area (TPSA) is 67.9 Å². The minimum absolute atomic E-state index is 0.169. The predicted molar refractivity (Wildman–Crippen MR) is 86.1 cm³/mol. The smallest absolute Gasteiger partial charge is 0.214 e. The molecule has 0 heterocycles. The summed E-state index contributed by atoms with van der Waals surface area (Å²) in [6.45, 7) is 10.4. The molecular formula is C14H32N2O4S. The van der Waals surface area contributed by atoms with Gasteiger partial charge in [-0.1, -0.05) is 6.92 Å². The molecule has 128 valence electrons. The molecule has 0 spiro atoms. The molecular weight excluding hydrogens is 292 g/mol. The zero-order valence-electron chi connectivity index (χ0n) is 13.8. The zero-order chi connectivity index (χ0) is 16.0. The molecule has 0 saturated carbocycles. The Morgan fingerprint density at radius 1 is 0.952 bits per heavy atom. The molecule has 0 aromatic carbocycles. The summed E-state index contributed by atoms with van der Waals surface area (Å²) in [5, 5.41) is 3.22. The summed E-state index contributed by atoms with van der Waals surface area (Å²) in [6, 6.07) is 0. The maximum atomic E-state index is 12.3. The van der Waals surface area contributed by atoms with Gasteiger partial charge >= 0.3 is 0 Å². The van der Waals surface area contributed by atoms with Gasteiger partial charge in [0.25, 0.3) is 0 Å². The molecule has 0 fully saturated rings. The SMILES string of the molecule is CCCNCCCS(=O)(=O)N(CCOCC)CCOCC. The van der Waals surface area contributed by atoms with E-state index in [1.54, 1.807) is 0 Å². The highest BCUT2D eigenvalue weighted by Gasteiger charge is 2.21. The summed E-state index contributed by atoms with van der Waals surface area (Å²) in [6.07, 6.45) is 1.68. The van der Waals surface area contributed by atoms with E-state index in [2.05, 4.69) is 12.2 Å². The number of ether oxygens (including phenoxy) is 2. The predicted octanol–water partition coefficient (Wildman–Crippen LogP) is 1.08. The van der Waals surface area contributed by atoms with Gasteiger partial charge in [0.2, 0.25) is 10.0 Å². The van der Waals surface area contributed by atoms with Gasteiger partial charge in [-0.3, -0.25) is 0 Å². The van der Waals surface area contributed by atoms with Crippen LogP contribution in [0.3, 0.4) is 0 Å². The summed E-state index contributed by atoms with van der Waals surface area (Å²) >= 11 is 0. The van der Waals surface area contributed by atoms with Crippen LogP contribution in [0.25, 0.3) is 0 Å². The first-order chi connectivity index (χ1) is 10.1. The van der Waals surface area contributed by atoms with Crippen molar-refractivity contribution in [1.82, 2.24) is 9.62 Å². The average molecular weight is 324 g/mol. The number of nitrogens with zero attached hydrogens (tertiary/aromatic N) is 1. The fourth-order valence-corrected chi connectivity index (χ4v) is 3.29. The van der Waals surface area contributed by atoms with Crippen LogP contribution in [0.1, 0.15) is 33.6 Å². The third-order valence-corrected chi connectivity index (χ3v) is 4.91. The minimum Gasteiger partial charge on any atom is -0.380 e. The van der Waals surface area contributed by atoms with Gasteiger partial charge in [0.05, 0.1) is 19.0 Å². The van der Waals surface area contributed by atoms with Gasteiger partial charge in [0.15, 0.2) is 0 Å². The molecule has 0 atom stereocenters. The van der Waals surface area contributed by atoms with Crippen LogP contribution in [-0.2, 0) is 19.5 Å². The quantitative estimate of drug-likeness (QED) is 0.457. The second kappa shape index (κ2) is 13.5. The number of hydrogen-bond donors (Lipinski definition) is 1. The third kappa shape index (κ3) is 11.1. The lowest BCUT2D eigenvalue weighted by Crippen LogP contribution is -2.38. The molecule has 7 heteroatoms. The van der Waals surface area contributed by atoms with Gasteiger partial charge in [0, 0.05) is 26.3 Å². The average Bonchev–Trinajstić information content (AvgIpc) is 2.45. The van der Waals surface area contributed by atoms with E-state index in [-0.39, 0.29) is 5.75 Å². The van der Waals surface area contributed by atoms with Gasteiger partial charge in [-0.2, -0.15) is 4.31 Å². The normalized spacial score (nSPS) is 12.2. The van der Waals surface area contributed by atoms with Crippen molar-refractivity contribution in [2.45, 2.75) is 33.6 Å². The maximum Gasteiger partial charge on any atom is 0.214 e. The van der Waals surface area contributed by atoms with Crippen LogP contribution < -0.4 is 5.32 Å². The molecule has 0 radical (unpaired) electrons. The molecule has 0 aliphatic rings. The van der Waals surface area contributed by atoms with Crippen molar-refractivity contribution in [2.24, 2.45) is 0 Å². The Morgan fingerprint density at radius 2 is 1.52 bits per heavy atom. The van der Waals surface area contributed by atoms with Crippen LogP contribution in [-0.4, -0.2) is 71.1 Å². The molecule has 0 aliphatic carbocycles. The van der Waals surface area contributed by atoms with E-state index in [4.69, 9.17) is 9.47 Å². The first-order valence-electron chi connectivity index (χ1n) is 7.92. The van der Waals surface area contributed by atoms with Crippen LogP contribution in [0, 0.1) is 0 Å². The summed E-state index contributed by atoms with van der Waals surface area (Å²) in [4.78, 5) is 0. The summed E-state index contributed by atoms with van der Waals surface area (Å²) in [5.41, 5.74) is 0. The van der Waals surface area contributed by atoms with E-state index in [0.29, 0.717) is 45.9 Å². The van der Waals surface area contributed by atoms with Gasteiger partial charge in [-0.05, 0) is 39.8 Å². The van der Waals surface area contributed by atoms with Gasteiger partial charge in [-0.15, -0.1) is 0 Å². The third-order valence-electron chi connectivity index (χ3n) is 2.95. The second-order valence-corrected chi connectivity index (χ2v) is 6.80. The summed E-state index contributed by atoms with van der Waals surface area (Å²) in [5.74, 6) is 0.169. The Labute approximate surface area is 130 Å². The molecule has 0 unspecified atom stereocenters. The minimum atomic E-state index is -3.24. The van der Waals surface area contributed by atoms with Crippen molar-refractivity contribution < 1.29 is 17.9 Å². The van der Waals surface area contributed by atoms with E-state index < -0.39 is 10.0 Å². The fraction of sp³-hybridized carbons (Fsp3) is 1.00. The highest BCUT2D eigenvalue weighted by molar-refractivity contribution is 7.89. The van der Waals surface area contributed by atoms with Crippen LogP contribution >= 0.6 is 0 Å². The Bertz CT molecular complexity index is 313. The molecule has 0 aliphatic heterocycles. The summed E-state index contributed by atoms with van der Waals surface area (Å²) < 4.78 is 36.7. The van der Waals surface area contributed by atoms with Gasteiger partial charge in [0.1, 0.15) is 0 Å². The number of nitrogens with one attached hydrogen (secondary N) is 1. The van der Waals surface area contributed by atoms with Crippen molar-refractivity contribution in [3.63, 3.8) is 0 Å². The Hall–Kier alpha value is -0.210. The van der Waals surface area contributed by atoms with E-state index in [1.165, 1.54) is 4.31 Å². The lowest BCUT2D eigenvalue weighted by molar-refractivity contribution is 0.110. The van der Waals surface area contributed by atoms with E-state index in [1.807, 2.05) is 13.8 Å². The Morgan fingerprint density at radius 3 is 2.00 bits per heavy atom. The molecule has 0 amide bonds. The molecule has 0 saturated heterocycles. The number of sulfonamides is 1. The zero-order valence-corrected chi connectivity index (χ0v) is 14.6. The Balaban J connectivity index is 4.25. The molecule has 0 bridgehead atoms. The van der Waals surface area contributed by atoms with E-state index >= 15 is 0 Å². The van der Waals surface area contributed by atoms with Crippen molar-refractivity contribution in [2.75, 3.05) is 58.4 Å². The number of hydrogen-bond acceptors (Lipinski definition) is 5. The lowest BCUT2D eigenvalue weighted by atomic mass is 10.4. The first kappa shape index (κ1) is 20.8. The maximum absolute atomic E-state index is 12.3. The largest absolute Gasteiger partial charge is 0.380 e. The van der Waals surface area contributed by atoms with Crippen molar-refractivity contribution >= 4 is 10.0 Å². The molecule has 6 nitrogen and oxygen atoms in total. The van der Waals surface area contributed by atoms with Crippen LogP contribution in [0.2, 0.25) is 0 Å². The van der Waals surface area contributed by atoms with Crippen molar-refractivity contribution in [3.8, 4) is 0 Å². The molecule has 0 aromatic rings. The monoisotopic (exact) mass is 324 g/mol. The molecule has 0 aromatic heterocycles. The number of rotatable bonds is 15. The first-order valence-corrected chi connectivity index (χ1v) is 9.53. The van der Waals surface area contributed by atoms with Gasteiger partial charge < -0.3 is 14.8 Å². The molecule has 0 rings (SSSR count). The molecule has 1 N–H and O–H groups in total. The Kier molecular flexibility index (Phi) is 13.3. The molecule has 21 heavy (non-hydrogen) atoms. The van der Waals surface area contributed by atoms with E-state index in [9.17, 15) is 8.42 Å². The van der Waals surface area contributed by atoms with Crippen molar-refractivity contribution in [3.05, 3.63) is 0 Å². The van der Waals surface area contributed by atoms with Crippen molar-refractivity contribution in [1.29, 1.82) is 0 Å². The van der Waals surface area contributed by atoms with Crippen LogP contribution in [0.15, 0.2) is 0 Å². The second-order valence-electron chi connectivity index (χ2n) is 4.71. The van der Waals surface area contributed by atoms with Crippen LogP contribution in [0.5, 0.6) is 0 Å². The van der Waals surface area contributed by atoms with Crippen LogP contribution in [0.4, 0.5) is 0 Å².